The zero-order valence-electron chi connectivity index (χ0n) is 17.2. The number of nitrogens with zero attached hydrogens (tertiary/aromatic N) is 5. The summed E-state index contributed by atoms with van der Waals surface area (Å²) in [7, 11) is 0. The molecule has 2 amide bonds. The normalized spacial score (nSPS) is 23.1. The highest BCUT2D eigenvalue weighted by Crippen LogP contribution is 2.43. The molecule has 156 valence electrons. The minimum absolute atomic E-state index is 0.0221. The lowest BCUT2D eigenvalue weighted by Crippen LogP contribution is -2.37. The van der Waals surface area contributed by atoms with Gasteiger partial charge in [-0.25, -0.2) is 4.98 Å². The Morgan fingerprint density at radius 2 is 1.90 bits per heavy atom. The molecule has 2 saturated heterocycles. The van der Waals surface area contributed by atoms with Gasteiger partial charge in [-0.1, -0.05) is 19.1 Å². The van der Waals surface area contributed by atoms with Crippen molar-refractivity contribution >= 4 is 28.4 Å². The average molecular weight is 414 g/mol. The summed E-state index contributed by atoms with van der Waals surface area (Å²) in [6, 6.07) is 9.38. The van der Waals surface area contributed by atoms with Crippen molar-refractivity contribution in [3.05, 3.63) is 66.2 Å². The van der Waals surface area contributed by atoms with Gasteiger partial charge in [0, 0.05) is 61.5 Å². The van der Waals surface area contributed by atoms with Crippen LogP contribution in [-0.4, -0.2) is 67.4 Å². The first-order valence-corrected chi connectivity index (χ1v) is 10.5. The van der Waals surface area contributed by atoms with Crippen molar-refractivity contribution in [1.82, 2.24) is 29.4 Å². The van der Waals surface area contributed by atoms with Crippen LogP contribution in [0.5, 0.6) is 0 Å². The minimum atomic E-state index is -0.105. The van der Waals surface area contributed by atoms with Crippen molar-refractivity contribution < 1.29 is 9.59 Å². The van der Waals surface area contributed by atoms with E-state index in [1.165, 1.54) is 0 Å². The number of H-pyrrole nitrogens is 1. The van der Waals surface area contributed by atoms with Gasteiger partial charge in [0.25, 0.3) is 11.8 Å². The Kier molecular flexibility index (Phi) is 3.74. The first kappa shape index (κ1) is 18.1. The fourth-order valence-corrected chi connectivity index (χ4v) is 5.20. The van der Waals surface area contributed by atoms with Crippen molar-refractivity contribution in [3.63, 3.8) is 0 Å². The average Bonchev–Trinajstić information content (AvgIpc) is 3.53. The molecule has 0 spiro atoms. The highest BCUT2D eigenvalue weighted by molar-refractivity contribution is 6.05. The van der Waals surface area contributed by atoms with Crippen LogP contribution >= 0.6 is 0 Å². The fraction of sp³-hybridized carbons (Fsp3) is 0.304. The van der Waals surface area contributed by atoms with Crippen molar-refractivity contribution in [2.24, 2.45) is 11.3 Å². The molecule has 3 aromatic heterocycles. The molecule has 5 heterocycles. The van der Waals surface area contributed by atoms with Gasteiger partial charge in [-0.15, -0.1) is 0 Å². The lowest BCUT2D eigenvalue weighted by Gasteiger charge is -2.25. The van der Waals surface area contributed by atoms with Crippen LogP contribution in [-0.2, 0) is 0 Å². The van der Waals surface area contributed by atoms with Crippen molar-refractivity contribution in [3.8, 4) is 0 Å². The van der Waals surface area contributed by atoms with Crippen LogP contribution in [0.2, 0.25) is 0 Å². The van der Waals surface area contributed by atoms with Crippen LogP contribution in [0.3, 0.4) is 0 Å². The highest BCUT2D eigenvalue weighted by Gasteiger charge is 2.51. The van der Waals surface area contributed by atoms with Crippen LogP contribution < -0.4 is 0 Å². The second kappa shape index (κ2) is 6.41. The number of pyridine rings is 1. The maximum absolute atomic E-state index is 13.3. The Hall–Kier alpha value is -3.68. The van der Waals surface area contributed by atoms with Crippen LogP contribution in [0.1, 0.15) is 27.6 Å². The number of amides is 2. The molecule has 4 aromatic rings. The van der Waals surface area contributed by atoms with E-state index >= 15 is 0 Å². The van der Waals surface area contributed by atoms with Gasteiger partial charge in [-0.2, -0.15) is 5.10 Å². The van der Waals surface area contributed by atoms with Gasteiger partial charge in [0.15, 0.2) is 0 Å². The Morgan fingerprint density at radius 1 is 1.10 bits per heavy atom. The summed E-state index contributed by atoms with van der Waals surface area (Å²) >= 11 is 0. The first-order chi connectivity index (χ1) is 15.0. The Bertz CT molecular complexity index is 1340. The van der Waals surface area contributed by atoms with Gasteiger partial charge in [-0.05, 0) is 18.2 Å². The summed E-state index contributed by atoms with van der Waals surface area (Å²) in [6.45, 7) is 4.80. The minimum Gasteiger partial charge on any atom is -0.338 e. The van der Waals surface area contributed by atoms with Gasteiger partial charge >= 0.3 is 0 Å². The quantitative estimate of drug-likeness (QED) is 0.546. The van der Waals surface area contributed by atoms with E-state index in [4.69, 9.17) is 0 Å². The lowest BCUT2D eigenvalue weighted by atomic mass is 9.83. The second-order valence-electron chi connectivity index (χ2n) is 8.97. The number of benzene rings is 1. The smallest absolute Gasteiger partial charge is 0.256 e. The maximum Gasteiger partial charge on any atom is 0.256 e. The van der Waals surface area contributed by atoms with E-state index in [0.29, 0.717) is 37.3 Å². The number of hydrogen-bond acceptors (Lipinski definition) is 4. The number of fused-ring (bicyclic) bond motifs is 3. The number of imidazole rings is 1. The molecule has 8 nitrogen and oxygen atoms in total. The van der Waals surface area contributed by atoms with E-state index in [-0.39, 0.29) is 23.1 Å². The second-order valence-corrected chi connectivity index (χ2v) is 8.97. The van der Waals surface area contributed by atoms with Crippen molar-refractivity contribution in [2.75, 3.05) is 26.2 Å². The summed E-state index contributed by atoms with van der Waals surface area (Å²) < 4.78 is 1.86. The molecule has 6 rings (SSSR count). The van der Waals surface area contributed by atoms with Crippen LogP contribution in [0.15, 0.2) is 55.1 Å². The maximum atomic E-state index is 13.3. The standard InChI is InChI=1S/C23H22N6O2/c1-23-13-28(21(30)16-5-6-19-24-7-8-27(19)10-16)11-17(23)12-29(14-23)22(31)18-4-2-3-15-9-25-26-20(15)18/h2-10,17H,11-14H2,1H3,(H,25,26)/t17-,23+/m0/s1. The summed E-state index contributed by atoms with van der Waals surface area (Å²) in [5.74, 6) is 0.318. The third-order valence-electron chi connectivity index (χ3n) is 6.89. The van der Waals surface area contributed by atoms with E-state index in [1.54, 1.807) is 12.4 Å². The molecule has 2 aliphatic heterocycles. The molecule has 2 fully saturated rings. The lowest BCUT2D eigenvalue weighted by molar-refractivity contribution is 0.0721. The van der Waals surface area contributed by atoms with E-state index in [1.807, 2.05) is 56.9 Å². The number of aromatic nitrogens is 4. The number of aromatic amines is 1. The fourth-order valence-electron chi connectivity index (χ4n) is 5.20. The molecule has 2 aliphatic rings. The number of hydrogen-bond donors (Lipinski definition) is 1. The van der Waals surface area contributed by atoms with Gasteiger partial charge in [0.05, 0.1) is 22.8 Å². The monoisotopic (exact) mass is 414 g/mol. The molecule has 0 aliphatic carbocycles. The van der Waals surface area contributed by atoms with Gasteiger partial charge < -0.3 is 14.2 Å². The molecule has 1 aromatic carbocycles. The predicted molar refractivity (Wildman–Crippen MR) is 115 cm³/mol. The highest BCUT2D eigenvalue weighted by atomic mass is 16.2. The summed E-state index contributed by atoms with van der Waals surface area (Å²) in [4.78, 5) is 34.5. The number of rotatable bonds is 2. The van der Waals surface area contributed by atoms with Crippen LogP contribution in [0, 0.1) is 11.3 Å². The van der Waals surface area contributed by atoms with Gasteiger partial charge in [0.2, 0.25) is 0 Å². The summed E-state index contributed by atoms with van der Waals surface area (Å²) in [5, 5.41) is 7.95. The van der Waals surface area contributed by atoms with Crippen molar-refractivity contribution in [2.45, 2.75) is 6.92 Å². The first-order valence-electron chi connectivity index (χ1n) is 10.5. The molecule has 31 heavy (non-hydrogen) atoms. The summed E-state index contributed by atoms with van der Waals surface area (Å²) in [5.41, 5.74) is 2.81. The van der Waals surface area contributed by atoms with Crippen molar-refractivity contribution in [1.29, 1.82) is 0 Å². The number of carbonyl (C=O) groups is 2. The van der Waals surface area contributed by atoms with E-state index in [9.17, 15) is 9.59 Å². The molecule has 8 heteroatoms. The molecular weight excluding hydrogens is 392 g/mol. The SMILES string of the molecule is C[C@]12CN(C(=O)c3ccc4nccn4c3)C[C@H]1CN(C(=O)c1cccc3cn[nH]c13)C2. The topological polar surface area (TPSA) is 86.6 Å². The van der Waals surface area contributed by atoms with Gasteiger partial charge in [0.1, 0.15) is 5.65 Å². The Morgan fingerprint density at radius 3 is 2.71 bits per heavy atom. The largest absolute Gasteiger partial charge is 0.338 e. The molecule has 0 radical (unpaired) electrons. The van der Waals surface area contributed by atoms with E-state index in [2.05, 4.69) is 22.1 Å². The molecule has 0 unspecified atom stereocenters. The third kappa shape index (κ3) is 2.74. The molecule has 0 bridgehead atoms. The summed E-state index contributed by atoms with van der Waals surface area (Å²) in [6.07, 6.45) is 7.13. The Balaban J connectivity index is 1.20. The molecule has 2 atom stereocenters. The van der Waals surface area contributed by atoms with E-state index in [0.717, 1.165) is 16.6 Å². The van der Waals surface area contributed by atoms with Crippen LogP contribution in [0.25, 0.3) is 16.6 Å². The third-order valence-corrected chi connectivity index (χ3v) is 6.89. The zero-order chi connectivity index (χ0) is 21.2. The van der Waals surface area contributed by atoms with E-state index < -0.39 is 0 Å². The van der Waals surface area contributed by atoms with Gasteiger partial charge in [-0.3, -0.25) is 14.7 Å². The predicted octanol–water partition coefficient (Wildman–Crippen LogP) is 2.44. The number of carbonyl (C=O) groups excluding carboxylic acids is 2. The number of nitrogens with one attached hydrogen (secondary N) is 1. The Labute approximate surface area is 178 Å². The molecule has 0 saturated carbocycles. The number of para-hydroxylation sites is 1. The van der Waals surface area contributed by atoms with Crippen LogP contribution in [0.4, 0.5) is 0 Å². The molecular formula is C23H22N6O2. The number of likely N-dealkylation sites (tertiary alicyclic amines) is 2. The molecule has 1 N–H and O–H groups in total. The zero-order valence-corrected chi connectivity index (χ0v) is 17.2.